The SMILES string of the molecule is COCc1cccc(CNC(=O)NCCSc2ccccc2)c1. The maximum absolute atomic E-state index is 11.8. The number of nitrogens with one attached hydrogen (secondary N) is 2. The maximum atomic E-state index is 11.8. The zero-order valence-electron chi connectivity index (χ0n) is 13.2. The predicted octanol–water partition coefficient (Wildman–Crippen LogP) is 3.42. The number of amides is 2. The molecule has 0 saturated carbocycles. The summed E-state index contributed by atoms with van der Waals surface area (Å²) in [5, 5.41) is 5.73. The minimum atomic E-state index is -0.143. The molecule has 0 heterocycles. The molecule has 2 N–H and O–H groups in total. The van der Waals surface area contributed by atoms with Gasteiger partial charge in [0.05, 0.1) is 6.61 Å². The molecule has 2 rings (SSSR count). The van der Waals surface area contributed by atoms with Gasteiger partial charge in [0.25, 0.3) is 0 Å². The van der Waals surface area contributed by atoms with Crippen LogP contribution in [0.3, 0.4) is 0 Å². The lowest BCUT2D eigenvalue weighted by molar-refractivity contribution is 0.185. The Morgan fingerprint density at radius 2 is 1.83 bits per heavy atom. The summed E-state index contributed by atoms with van der Waals surface area (Å²) in [5.74, 6) is 0.848. The van der Waals surface area contributed by atoms with E-state index >= 15 is 0 Å². The number of benzene rings is 2. The van der Waals surface area contributed by atoms with E-state index in [0.717, 1.165) is 16.9 Å². The molecular weight excluding hydrogens is 308 g/mol. The van der Waals surface area contributed by atoms with E-state index in [1.54, 1.807) is 18.9 Å². The Morgan fingerprint density at radius 1 is 1.04 bits per heavy atom. The van der Waals surface area contributed by atoms with Crippen molar-refractivity contribution in [2.24, 2.45) is 0 Å². The van der Waals surface area contributed by atoms with Gasteiger partial charge in [-0.15, -0.1) is 11.8 Å². The summed E-state index contributed by atoms with van der Waals surface area (Å²) < 4.78 is 5.11. The van der Waals surface area contributed by atoms with Crippen LogP contribution < -0.4 is 10.6 Å². The highest BCUT2D eigenvalue weighted by molar-refractivity contribution is 7.99. The zero-order valence-corrected chi connectivity index (χ0v) is 14.1. The van der Waals surface area contributed by atoms with E-state index in [1.807, 2.05) is 42.5 Å². The van der Waals surface area contributed by atoms with E-state index in [-0.39, 0.29) is 6.03 Å². The fourth-order valence-electron chi connectivity index (χ4n) is 2.09. The van der Waals surface area contributed by atoms with Crippen molar-refractivity contribution in [1.82, 2.24) is 10.6 Å². The first-order valence-corrected chi connectivity index (χ1v) is 8.53. The minimum absolute atomic E-state index is 0.143. The van der Waals surface area contributed by atoms with Crippen LogP contribution in [0.4, 0.5) is 4.79 Å². The van der Waals surface area contributed by atoms with E-state index < -0.39 is 0 Å². The Balaban J connectivity index is 1.64. The van der Waals surface area contributed by atoms with Crippen LogP contribution in [-0.2, 0) is 17.9 Å². The molecule has 122 valence electrons. The fraction of sp³-hybridized carbons (Fsp3) is 0.278. The Labute approximate surface area is 141 Å². The van der Waals surface area contributed by atoms with Crippen molar-refractivity contribution in [3.63, 3.8) is 0 Å². The van der Waals surface area contributed by atoms with Gasteiger partial charge in [0, 0.05) is 30.8 Å². The molecule has 23 heavy (non-hydrogen) atoms. The Kier molecular flexibility index (Phi) is 7.49. The summed E-state index contributed by atoms with van der Waals surface area (Å²) in [6.07, 6.45) is 0. The fourth-order valence-corrected chi connectivity index (χ4v) is 2.88. The molecule has 0 aliphatic carbocycles. The first-order chi connectivity index (χ1) is 11.3. The summed E-state index contributed by atoms with van der Waals surface area (Å²) in [7, 11) is 1.67. The standard InChI is InChI=1S/C18H22N2O2S/c1-22-14-16-7-5-6-15(12-16)13-20-18(21)19-10-11-23-17-8-3-2-4-9-17/h2-9,12H,10-11,13-14H2,1H3,(H2,19,20,21). The number of rotatable bonds is 8. The van der Waals surface area contributed by atoms with Gasteiger partial charge in [-0.2, -0.15) is 0 Å². The van der Waals surface area contributed by atoms with Crippen LogP contribution in [0.1, 0.15) is 11.1 Å². The van der Waals surface area contributed by atoms with Crippen molar-refractivity contribution in [3.05, 3.63) is 65.7 Å². The van der Waals surface area contributed by atoms with Gasteiger partial charge >= 0.3 is 6.03 Å². The average molecular weight is 330 g/mol. The number of carbonyl (C=O) groups is 1. The summed E-state index contributed by atoms with van der Waals surface area (Å²) >= 11 is 1.73. The second-order valence-electron chi connectivity index (χ2n) is 5.02. The van der Waals surface area contributed by atoms with Gasteiger partial charge in [-0.05, 0) is 23.3 Å². The van der Waals surface area contributed by atoms with Crippen molar-refractivity contribution >= 4 is 17.8 Å². The van der Waals surface area contributed by atoms with Gasteiger partial charge < -0.3 is 15.4 Å². The molecule has 2 aromatic carbocycles. The molecule has 0 aliphatic rings. The van der Waals surface area contributed by atoms with E-state index in [0.29, 0.717) is 19.7 Å². The monoisotopic (exact) mass is 330 g/mol. The highest BCUT2D eigenvalue weighted by Crippen LogP contribution is 2.15. The average Bonchev–Trinajstić information content (AvgIpc) is 2.58. The Hall–Kier alpha value is -1.98. The van der Waals surface area contributed by atoms with Crippen molar-refractivity contribution in [1.29, 1.82) is 0 Å². The van der Waals surface area contributed by atoms with Crippen LogP contribution in [-0.4, -0.2) is 25.4 Å². The summed E-state index contributed by atoms with van der Waals surface area (Å²) in [6.45, 7) is 1.72. The number of urea groups is 1. The van der Waals surface area contributed by atoms with E-state index in [4.69, 9.17) is 4.74 Å². The third kappa shape index (κ3) is 6.76. The van der Waals surface area contributed by atoms with Gasteiger partial charge in [0.2, 0.25) is 0 Å². The molecule has 5 heteroatoms. The number of carbonyl (C=O) groups excluding carboxylic acids is 1. The largest absolute Gasteiger partial charge is 0.380 e. The molecule has 0 fully saturated rings. The Morgan fingerprint density at radius 3 is 2.61 bits per heavy atom. The lowest BCUT2D eigenvalue weighted by atomic mass is 10.1. The van der Waals surface area contributed by atoms with Crippen LogP contribution in [0.25, 0.3) is 0 Å². The first kappa shape index (κ1) is 17.4. The molecule has 0 saturated heterocycles. The lowest BCUT2D eigenvalue weighted by Gasteiger charge is -2.09. The third-order valence-electron chi connectivity index (χ3n) is 3.16. The number of methoxy groups -OCH3 is 1. The smallest absolute Gasteiger partial charge is 0.315 e. The molecule has 2 aromatic rings. The second-order valence-corrected chi connectivity index (χ2v) is 6.19. The summed E-state index contributed by atoms with van der Waals surface area (Å²) in [6, 6.07) is 18.0. The van der Waals surface area contributed by atoms with Crippen LogP contribution in [0, 0.1) is 0 Å². The van der Waals surface area contributed by atoms with Crippen molar-refractivity contribution in [2.75, 3.05) is 19.4 Å². The second kappa shape index (κ2) is 9.92. The van der Waals surface area contributed by atoms with Crippen molar-refractivity contribution < 1.29 is 9.53 Å². The van der Waals surface area contributed by atoms with Crippen molar-refractivity contribution in [3.8, 4) is 0 Å². The van der Waals surface area contributed by atoms with Crippen LogP contribution >= 0.6 is 11.8 Å². The van der Waals surface area contributed by atoms with Gasteiger partial charge in [0.15, 0.2) is 0 Å². The van der Waals surface area contributed by atoms with Crippen LogP contribution in [0.5, 0.6) is 0 Å². The number of thioether (sulfide) groups is 1. The van der Waals surface area contributed by atoms with E-state index in [1.165, 1.54) is 4.90 Å². The Bertz CT molecular complexity index is 605. The molecular formula is C18H22N2O2S. The van der Waals surface area contributed by atoms with E-state index in [2.05, 4.69) is 22.8 Å². The normalized spacial score (nSPS) is 10.3. The number of hydrogen-bond donors (Lipinski definition) is 2. The van der Waals surface area contributed by atoms with Gasteiger partial charge in [-0.1, -0.05) is 42.5 Å². The molecule has 0 radical (unpaired) electrons. The molecule has 0 aliphatic heterocycles. The van der Waals surface area contributed by atoms with Gasteiger partial charge in [-0.3, -0.25) is 0 Å². The van der Waals surface area contributed by atoms with Crippen LogP contribution in [0.15, 0.2) is 59.5 Å². The molecule has 0 atom stereocenters. The zero-order chi connectivity index (χ0) is 16.3. The molecule has 0 bridgehead atoms. The first-order valence-electron chi connectivity index (χ1n) is 7.54. The maximum Gasteiger partial charge on any atom is 0.315 e. The summed E-state index contributed by atoms with van der Waals surface area (Å²) in [4.78, 5) is 13.0. The topological polar surface area (TPSA) is 50.4 Å². The minimum Gasteiger partial charge on any atom is -0.380 e. The lowest BCUT2D eigenvalue weighted by Crippen LogP contribution is -2.36. The number of hydrogen-bond acceptors (Lipinski definition) is 3. The highest BCUT2D eigenvalue weighted by Gasteiger charge is 2.01. The van der Waals surface area contributed by atoms with E-state index in [9.17, 15) is 4.79 Å². The number of ether oxygens (including phenoxy) is 1. The predicted molar refractivity (Wildman–Crippen MR) is 94.6 cm³/mol. The molecule has 0 unspecified atom stereocenters. The van der Waals surface area contributed by atoms with Gasteiger partial charge in [0.1, 0.15) is 0 Å². The molecule has 2 amide bonds. The highest BCUT2D eigenvalue weighted by atomic mass is 32.2. The van der Waals surface area contributed by atoms with Crippen LogP contribution in [0.2, 0.25) is 0 Å². The quantitative estimate of drug-likeness (QED) is 0.576. The third-order valence-corrected chi connectivity index (χ3v) is 4.17. The molecule has 0 spiro atoms. The van der Waals surface area contributed by atoms with Crippen molar-refractivity contribution in [2.45, 2.75) is 18.0 Å². The van der Waals surface area contributed by atoms with Gasteiger partial charge in [-0.25, -0.2) is 4.79 Å². The molecule has 4 nitrogen and oxygen atoms in total. The molecule has 0 aromatic heterocycles. The summed E-state index contributed by atoms with van der Waals surface area (Å²) in [5.41, 5.74) is 2.17.